The first kappa shape index (κ1) is 14.0. The molecule has 0 saturated carbocycles. The molecule has 0 unspecified atom stereocenters. The Morgan fingerprint density at radius 2 is 1.90 bits per heavy atom. The van der Waals surface area contributed by atoms with E-state index >= 15 is 0 Å². The minimum atomic E-state index is 0.392. The zero-order chi connectivity index (χ0) is 14.8. The number of aryl methyl sites for hydroxylation is 1. The number of rotatable bonds is 4. The van der Waals surface area contributed by atoms with Crippen molar-refractivity contribution in [3.8, 4) is 5.75 Å². The van der Waals surface area contributed by atoms with E-state index in [9.17, 15) is 0 Å². The number of fused-ring (bicyclic) bond motifs is 1. The molecule has 1 aromatic heterocycles. The summed E-state index contributed by atoms with van der Waals surface area (Å²) in [7, 11) is 1.66. The van der Waals surface area contributed by atoms with Crippen LogP contribution in [0.5, 0.6) is 5.75 Å². The van der Waals surface area contributed by atoms with E-state index in [-0.39, 0.29) is 0 Å². The number of methoxy groups -OCH3 is 1. The van der Waals surface area contributed by atoms with E-state index in [1.807, 2.05) is 18.2 Å². The molecule has 0 aliphatic carbocycles. The van der Waals surface area contributed by atoms with Gasteiger partial charge >= 0.3 is 0 Å². The minimum absolute atomic E-state index is 0.392. The van der Waals surface area contributed by atoms with Crippen molar-refractivity contribution in [3.63, 3.8) is 0 Å². The van der Waals surface area contributed by atoms with Crippen LogP contribution in [0, 0.1) is 6.92 Å². The number of alkyl halides is 1. The molecule has 21 heavy (non-hydrogen) atoms. The van der Waals surface area contributed by atoms with Crippen molar-refractivity contribution >= 4 is 22.6 Å². The van der Waals surface area contributed by atoms with Gasteiger partial charge in [0.2, 0.25) is 0 Å². The van der Waals surface area contributed by atoms with Crippen LogP contribution < -0.4 is 4.74 Å². The molecule has 108 valence electrons. The number of ether oxygens (including phenoxy) is 1. The highest BCUT2D eigenvalue weighted by atomic mass is 35.5. The Bertz CT molecular complexity index is 762. The maximum absolute atomic E-state index is 6.05. The molecule has 0 N–H and O–H groups in total. The largest absolute Gasteiger partial charge is 0.497 e. The Balaban J connectivity index is 2.05. The molecule has 0 saturated heterocycles. The molecule has 3 nitrogen and oxygen atoms in total. The third kappa shape index (κ3) is 2.74. The molecule has 4 heteroatoms. The monoisotopic (exact) mass is 300 g/mol. The van der Waals surface area contributed by atoms with Crippen molar-refractivity contribution in [2.75, 3.05) is 7.11 Å². The molecule has 2 aromatic carbocycles. The van der Waals surface area contributed by atoms with Gasteiger partial charge in [-0.3, -0.25) is 0 Å². The lowest BCUT2D eigenvalue weighted by molar-refractivity contribution is 0.415. The molecule has 0 fully saturated rings. The van der Waals surface area contributed by atoms with E-state index in [4.69, 9.17) is 16.3 Å². The van der Waals surface area contributed by atoms with E-state index in [0.717, 1.165) is 29.2 Å². The van der Waals surface area contributed by atoms with Crippen LogP contribution in [-0.4, -0.2) is 16.7 Å². The smallest absolute Gasteiger partial charge is 0.125 e. The van der Waals surface area contributed by atoms with E-state index in [2.05, 4.69) is 40.7 Å². The second-order valence-electron chi connectivity index (χ2n) is 5.09. The van der Waals surface area contributed by atoms with Crippen molar-refractivity contribution in [2.45, 2.75) is 19.3 Å². The summed E-state index contributed by atoms with van der Waals surface area (Å²) < 4.78 is 7.41. The van der Waals surface area contributed by atoms with Crippen LogP contribution in [0.3, 0.4) is 0 Å². The highest BCUT2D eigenvalue weighted by Crippen LogP contribution is 2.23. The molecule has 0 bridgehead atoms. The highest BCUT2D eigenvalue weighted by molar-refractivity contribution is 6.16. The molecule has 0 amide bonds. The maximum Gasteiger partial charge on any atom is 0.125 e. The molecule has 0 radical (unpaired) electrons. The summed E-state index contributed by atoms with van der Waals surface area (Å²) in [5.74, 6) is 2.08. The lowest BCUT2D eigenvalue weighted by atomic mass is 10.1. The molecule has 0 atom stereocenters. The summed E-state index contributed by atoms with van der Waals surface area (Å²) >= 11 is 6.05. The van der Waals surface area contributed by atoms with Crippen molar-refractivity contribution in [2.24, 2.45) is 0 Å². The van der Waals surface area contributed by atoms with Crippen LogP contribution >= 0.6 is 11.6 Å². The van der Waals surface area contributed by atoms with E-state index in [1.54, 1.807) is 7.11 Å². The Kier molecular flexibility index (Phi) is 3.84. The van der Waals surface area contributed by atoms with Crippen LogP contribution in [-0.2, 0) is 12.4 Å². The quantitative estimate of drug-likeness (QED) is 0.677. The summed E-state index contributed by atoms with van der Waals surface area (Å²) in [6.45, 7) is 2.86. The third-order valence-corrected chi connectivity index (χ3v) is 3.85. The Hall–Kier alpha value is -2.00. The SMILES string of the molecule is COc1ccc2c(c1)nc(CCl)n2Cc1ccc(C)cc1. The average Bonchev–Trinajstić information content (AvgIpc) is 2.86. The predicted octanol–water partition coefficient (Wildman–Crippen LogP) is 4.14. The summed E-state index contributed by atoms with van der Waals surface area (Å²) in [6.07, 6.45) is 0. The van der Waals surface area contributed by atoms with Gasteiger partial charge in [0, 0.05) is 12.6 Å². The normalized spacial score (nSPS) is 11.0. The number of nitrogens with zero attached hydrogens (tertiary/aromatic N) is 2. The number of aromatic nitrogens is 2. The van der Waals surface area contributed by atoms with Gasteiger partial charge in [0.05, 0.1) is 24.0 Å². The predicted molar refractivity (Wildman–Crippen MR) is 86.1 cm³/mol. The van der Waals surface area contributed by atoms with Gasteiger partial charge < -0.3 is 9.30 Å². The summed E-state index contributed by atoms with van der Waals surface area (Å²) in [4.78, 5) is 4.60. The van der Waals surface area contributed by atoms with Gasteiger partial charge in [-0.2, -0.15) is 0 Å². The number of halogens is 1. The van der Waals surface area contributed by atoms with Crippen LogP contribution in [0.25, 0.3) is 11.0 Å². The molecule has 1 heterocycles. The number of hydrogen-bond donors (Lipinski definition) is 0. The van der Waals surface area contributed by atoms with Crippen LogP contribution in [0.4, 0.5) is 0 Å². The van der Waals surface area contributed by atoms with Crippen molar-refractivity contribution in [1.29, 1.82) is 0 Å². The van der Waals surface area contributed by atoms with Gasteiger partial charge in [0.15, 0.2) is 0 Å². The van der Waals surface area contributed by atoms with Crippen LogP contribution in [0.15, 0.2) is 42.5 Å². The number of hydrogen-bond acceptors (Lipinski definition) is 2. The molecule has 0 aliphatic heterocycles. The molecule has 0 aliphatic rings. The average molecular weight is 301 g/mol. The first-order chi connectivity index (χ1) is 10.2. The third-order valence-electron chi connectivity index (χ3n) is 3.62. The summed E-state index contributed by atoms with van der Waals surface area (Å²) in [5, 5.41) is 0. The zero-order valence-electron chi connectivity index (χ0n) is 12.1. The van der Waals surface area contributed by atoms with E-state index in [1.165, 1.54) is 11.1 Å². The van der Waals surface area contributed by atoms with E-state index < -0.39 is 0 Å². The van der Waals surface area contributed by atoms with Crippen LogP contribution in [0.2, 0.25) is 0 Å². The number of imidazole rings is 1. The highest BCUT2D eigenvalue weighted by Gasteiger charge is 2.11. The summed E-state index contributed by atoms with van der Waals surface area (Å²) in [6, 6.07) is 14.5. The zero-order valence-corrected chi connectivity index (χ0v) is 12.9. The van der Waals surface area contributed by atoms with Gasteiger partial charge in [-0.1, -0.05) is 29.8 Å². The Morgan fingerprint density at radius 1 is 1.14 bits per heavy atom. The van der Waals surface area contributed by atoms with Gasteiger partial charge in [-0.25, -0.2) is 4.98 Å². The number of benzene rings is 2. The van der Waals surface area contributed by atoms with Gasteiger partial charge in [-0.05, 0) is 24.6 Å². The fourth-order valence-electron chi connectivity index (χ4n) is 2.44. The lowest BCUT2D eigenvalue weighted by Crippen LogP contribution is -2.03. The van der Waals surface area contributed by atoms with Crippen LogP contribution in [0.1, 0.15) is 17.0 Å². The summed E-state index contributed by atoms with van der Waals surface area (Å²) in [5.41, 5.74) is 4.49. The maximum atomic E-state index is 6.05. The van der Waals surface area contributed by atoms with Crippen molar-refractivity contribution < 1.29 is 4.74 Å². The van der Waals surface area contributed by atoms with Crippen molar-refractivity contribution in [3.05, 3.63) is 59.4 Å². The minimum Gasteiger partial charge on any atom is -0.497 e. The van der Waals surface area contributed by atoms with Gasteiger partial charge in [0.25, 0.3) is 0 Å². The Morgan fingerprint density at radius 3 is 2.57 bits per heavy atom. The second-order valence-corrected chi connectivity index (χ2v) is 5.36. The molecular formula is C17H17ClN2O. The van der Waals surface area contributed by atoms with E-state index in [0.29, 0.717) is 5.88 Å². The standard InChI is InChI=1S/C17H17ClN2O/c1-12-3-5-13(6-4-12)11-20-16-8-7-14(21-2)9-15(16)19-17(20)10-18/h3-9H,10-11H2,1-2H3. The topological polar surface area (TPSA) is 27.1 Å². The molecule has 3 rings (SSSR count). The van der Waals surface area contributed by atoms with Gasteiger partial charge in [0.1, 0.15) is 11.6 Å². The molecule has 3 aromatic rings. The fraction of sp³-hybridized carbons (Fsp3) is 0.235. The molecule has 0 spiro atoms. The lowest BCUT2D eigenvalue weighted by Gasteiger charge is -2.08. The van der Waals surface area contributed by atoms with Gasteiger partial charge in [-0.15, -0.1) is 11.6 Å². The first-order valence-corrected chi connectivity index (χ1v) is 7.39. The Labute approximate surface area is 129 Å². The first-order valence-electron chi connectivity index (χ1n) is 6.86. The fourth-order valence-corrected chi connectivity index (χ4v) is 2.64. The van der Waals surface area contributed by atoms with Crippen molar-refractivity contribution in [1.82, 2.24) is 9.55 Å². The molecular weight excluding hydrogens is 284 g/mol. The second kappa shape index (κ2) is 5.78.